The van der Waals surface area contributed by atoms with E-state index in [-0.39, 0.29) is 24.2 Å². The topological polar surface area (TPSA) is 32.3 Å². The first-order valence-corrected chi connectivity index (χ1v) is 6.68. The van der Waals surface area contributed by atoms with Crippen LogP contribution in [0.3, 0.4) is 0 Å². The summed E-state index contributed by atoms with van der Waals surface area (Å²) in [5.74, 6) is 0.885. The van der Waals surface area contributed by atoms with E-state index in [9.17, 15) is 4.79 Å². The minimum Gasteiger partial charge on any atom is -0.316 e. The van der Waals surface area contributed by atoms with Gasteiger partial charge in [-0.15, -0.1) is 12.4 Å². The van der Waals surface area contributed by atoms with Crippen molar-refractivity contribution in [3.63, 3.8) is 0 Å². The molecule has 1 aromatic carbocycles. The van der Waals surface area contributed by atoms with Crippen molar-refractivity contribution < 1.29 is 4.79 Å². The first-order chi connectivity index (χ1) is 8.59. The van der Waals surface area contributed by atoms with Crippen LogP contribution in [0, 0.1) is 5.92 Å². The van der Waals surface area contributed by atoms with Crippen LogP contribution in [-0.4, -0.2) is 26.0 Å². The zero-order valence-corrected chi connectivity index (χ0v) is 12.7. The molecule has 1 aromatic rings. The summed E-state index contributed by atoms with van der Waals surface area (Å²) in [7, 11) is 1.87. The van der Waals surface area contributed by atoms with E-state index < -0.39 is 0 Å². The van der Waals surface area contributed by atoms with E-state index in [1.807, 2.05) is 19.2 Å². The van der Waals surface area contributed by atoms with E-state index in [1.54, 1.807) is 4.90 Å². The summed E-state index contributed by atoms with van der Waals surface area (Å²) in [6.45, 7) is 6.12. The van der Waals surface area contributed by atoms with Crippen LogP contribution in [0.4, 0.5) is 5.69 Å². The highest BCUT2D eigenvalue weighted by atomic mass is 35.5. The lowest BCUT2D eigenvalue weighted by Crippen LogP contribution is -2.33. The van der Waals surface area contributed by atoms with Gasteiger partial charge in [0.15, 0.2) is 0 Å². The maximum atomic E-state index is 12.3. The van der Waals surface area contributed by atoms with Crippen LogP contribution in [0.2, 0.25) is 0 Å². The molecule has 106 valence electrons. The molecule has 19 heavy (non-hydrogen) atoms. The second kappa shape index (κ2) is 6.92. The van der Waals surface area contributed by atoms with Crippen molar-refractivity contribution in [3.05, 3.63) is 29.8 Å². The number of anilines is 1. The normalized spacial score (nSPS) is 18.2. The molecule has 0 aliphatic carbocycles. The van der Waals surface area contributed by atoms with Crippen molar-refractivity contribution in [1.82, 2.24) is 5.32 Å². The van der Waals surface area contributed by atoms with Crippen molar-refractivity contribution in [1.29, 1.82) is 0 Å². The van der Waals surface area contributed by atoms with Crippen LogP contribution < -0.4 is 10.2 Å². The first kappa shape index (κ1) is 16.0. The van der Waals surface area contributed by atoms with Gasteiger partial charge in [-0.2, -0.15) is 0 Å². The summed E-state index contributed by atoms with van der Waals surface area (Å²) in [5.41, 5.74) is 2.29. The van der Waals surface area contributed by atoms with Gasteiger partial charge in [0.25, 0.3) is 0 Å². The zero-order chi connectivity index (χ0) is 13.1. The Morgan fingerprint density at radius 2 is 1.95 bits per heavy atom. The third kappa shape index (κ3) is 3.71. The minimum atomic E-state index is 0. The number of nitrogens with zero attached hydrogens (tertiary/aromatic N) is 1. The second-order valence-corrected chi connectivity index (χ2v) is 5.33. The molecule has 1 fully saturated rings. The number of rotatable bonds is 3. The molecule has 1 N–H and O–H groups in total. The Labute approximate surface area is 121 Å². The van der Waals surface area contributed by atoms with Gasteiger partial charge in [0, 0.05) is 19.3 Å². The van der Waals surface area contributed by atoms with Crippen molar-refractivity contribution in [2.75, 3.05) is 25.0 Å². The Morgan fingerprint density at radius 1 is 1.32 bits per heavy atom. The molecular formula is C15H23ClN2O. The van der Waals surface area contributed by atoms with Gasteiger partial charge in [-0.3, -0.25) is 4.79 Å². The molecule has 1 aliphatic rings. The number of hydrogen-bond donors (Lipinski definition) is 1. The Balaban J connectivity index is 0.00000180. The summed E-state index contributed by atoms with van der Waals surface area (Å²) in [4.78, 5) is 14.0. The second-order valence-electron chi connectivity index (χ2n) is 5.33. The average Bonchev–Trinajstić information content (AvgIpc) is 2.91. The average molecular weight is 283 g/mol. The molecule has 1 atom stereocenters. The van der Waals surface area contributed by atoms with E-state index in [0.717, 1.165) is 25.2 Å². The molecule has 0 aromatic heterocycles. The molecule has 2 rings (SSSR count). The van der Waals surface area contributed by atoms with E-state index in [2.05, 4.69) is 31.3 Å². The Hall–Kier alpha value is -1.06. The van der Waals surface area contributed by atoms with Gasteiger partial charge in [0.05, 0.1) is 5.92 Å². The van der Waals surface area contributed by atoms with E-state index in [0.29, 0.717) is 5.92 Å². The fourth-order valence-electron chi connectivity index (χ4n) is 2.35. The van der Waals surface area contributed by atoms with Gasteiger partial charge in [0.1, 0.15) is 0 Å². The number of hydrogen-bond acceptors (Lipinski definition) is 2. The fraction of sp³-hybridized carbons (Fsp3) is 0.533. The molecule has 0 saturated carbocycles. The van der Waals surface area contributed by atoms with Crippen LogP contribution in [-0.2, 0) is 4.79 Å². The first-order valence-electron chi connectivity index (χ1n) is 6.68. The number of carbonyl (C=O) groups is 1. The molecule has 3 nitrogen and oxygen atoms in total. The SMILES string of the molecule is CC(C)c1ccc(N(C)C(=O)C2CCNC2)cc1.Cl. The largest absolute Gasteiger partial charge is 0.316 e. The summed E-state index contributed by atoms with van der Waals surface area (Å²) in [5, 5.41) is 3.24. The molecule has 1 heterocycles. The molecule has 1 amide bonds. The molecule has 0 bridgehead atoms. The maximum absolute atomic E-state index is 12.3. The van der Waals surface area contributed by atoms with Crippen molar-refractivity contribution in [2.45, 2.75) is 26.2 Å². The van der Waals surface area contributed by atoms with Crippen molar-refractivity contribution in [3.8, 4) is 0 Å². The van der Waals surface area contributed by atoms with Crippen LogP contribution >= 0.6 is 12.4 Å². The summed E-state index contributed by atoms with van der Waals surface area (Å²) in [6, 6.07) is 8.29. The third-order valence-corrected chi connectivity index (χ3v) is 3.69. The van der Waals surface area contributed by atoms with E-state index in [4.69, 9.17) is 0 Å². The predicted molar refractivity (Wildman–Crippen MR) is 82.2 cm³/mol. The number of halogens is 1. The van der Waals surface area contributed by atoms with Crippen LogP contribution in [0.5, 0.6) is 0 Å². The zero-order valence-electron chi connectivity index (χ0n) is 11.8. The summed E-state index contributed by atoms with van der Waals surface area (Å²) < 4.78 is 0. The molecule has 1 saturated heterocycles. The lowest BCUT2D eigenvalue weighted by molar-refractivity contribution is -0.121. The standard InChI is InChI=1S/C15H22N2O.ClH/c1-11(2)12-4-6-14(7-5-12)17(3)15(18)13-8-9-16-10-13;/h4-7,11,13,16H,8-10H2,1-3H3;1H. The Morgan fingerprint density at radius 3 is 2.42 bits per heavy atom. The number of carbonyl (C=O) groups excluding carboxylic acids is 1. The smallest absolute Gasteiger partial charge is 0.231 e. The summed E-state index contributed by atoms with van der Waals surface area (Å²) >= 11 is 0. The Bertz CT molecular complexity index is 411. The van der Waals surface area contributed by atoms with E-state index >= 15 is 0 Å². The summed E-state index contributed by atoms with van der Waals surface area (Å²) in [6.07, 6.45) is 0.952. The van der Waals surface area contributed by atoms with Crippen LogP contribution in [0.15, 0.2) is 24.3 Å². The molecule has 0 radical (unpaired) electrons. The number of amides is 1. The minimum absolute atomic E-state index is 0. The van der Waals surface area contributed by atoms with Crippen molar-refractivity contribution in [2.24, 2.45) is 5.92 Å². The highest BCUT2D eigenvalue weighted by Gasteiger charge is 2.25. The van der Waals surface area contributed by atoms with Crippen molar-refractivity contribution >= 4 is 24.0 Å². The quantitative estimate of drug-likeness (QED) is 0.925. The molecule has 0 spiro atoms. The van der Waals surface area contributed by atoms with Gasteiger partial charge in [-0.25, -0.2) is 0 Å². The van der Waals surface area contributed by atoms with Gasteiger partial charge in [0.2, 0.25) is 5.91 Å². The van der Waals surface area contributed by atoms with Crippen LogP contribution in [0.25, 0.3) is 0 Å². The molecule has 1 unspecified atom stereocenters. The number of benzene rings is 1. The van der Waals surface area contributed by atoms with Gasteiger partial charge in [-0.1, -0.05) is 26.0 Å². The monoisotopic (exact) mass is 282 g/mol. The van der Waals surface area contributed by atoms with Gasteiger partial charge < -0.3 is 10.2 Å². The predicted octanol–water partition coefficient (Wildman–Crippen LogP) is 2.80. The van der Waals surface area contributed by atoms with Gasteiger partial charge in [-0.05, 0) is 36.6 Å². The number of nitrogens with one attached hydrogen (secondary N) is 1. The highest BCUT2D eigenvalue weighted by Crippen LogP contribution is 2.21. The fourth-order valence-corrected chi connectivity index (χ4v) is 2.35. The maximum Gasteiger partial charge on any atom is 0.231 e. The highest BCUT2D eigenvalue weighted by molar-refractivity contribution is 5.94. The Kier molecular flexibility index (Phi) is 5.83. The van der Waals surface area contributed by atoms with E-state index in [1.165, 1.54) is 5.56 Å². The van der Waals surface area contributed by atoms with Crippen LogP contribution in [0.1, 0.15) is 31.7 Å². The third-order valence-electron chi connectivity index (χ3n) is 3.69. The van der Waals surface area contributed by atoms with Gasteiger partial charge >= 0.3 is 0 Å². The lowest BCUT2D eigenvalue weighted by atomic mass is 10.0. The molecule has 1 aliphatic heterocycles. The lowest BCUT2D eigenvalue weighted by Gasteiger charge is -2.21. The molecule has 4 heteroatoms. The molecular weight excluding hydrogens is 260 g/mol.